The van der Waals surface area contributed by atoms with Crippen LogP contribution in [0.3, 0.4) is 0 Å². The Hall–Kier alpha value is -1.22. The number of rotatable bonds is 2. The fourth-order valence-corrected chi connectivity index (χ4v) is 0.785. The molecule has 0 saturated carbocycles. The van der Waals surface area contributed by atoms with E-state index in [1.165, 1.54) is 18.2 Å². The van der Waals surface area contributed by atoms with Gasteiger partial charge >= 0.3 is 11.9 Å². The molecule has 1 aromatic carbocycles. The van der Waals surface area contributed by atoms with Crippen molar-refractivity contribution >= 4 is 11.9 Å². The Morgan fingerprint density at radius 1 is 1.00 bits per heavy atom. The first kappa shape index (κ1) is 11.8. The van der Waals surface area contributed by atoms with Gasteiger partial charge in [0.1, 0.15) is 0 Å². The van der Waals surface area contributed by atoms with Crippen LogP contribution in [0.5, 0.6) is 0 Å². The van der Waals surface area contributed by atoms with Gasteiger partial charge in [0.25, 0.3) is 0 Å². The Bertz CT molecular complexity index is 305. The van der Waals surface area contributed by atoms with Gasteiger partial charge in [-0.2, -0.15) is 0 Å². The van der Waals surface area contributed by atoms with Gasteiger partial charge in [-0.05, 0) is 18.2 Å². The standard InChI is InChI=1S/C8H6O4.Ru/c9-7(10)5-2-1-3-6(4-5)8(11)12;/h1-4H,(H,9,10)(H,11,12);. The zero-order valence-corrected chi connectivity index (χ0v) is 8.11. The van der Waals surface area contributed by atoms with Crippen molar-refractivity contribution in [1.82, 2.24) is 0 Å². The van der Waals surface area contributed by atoms with Crippen LogP contribution < -0.4 is 0 Å². The molecule has 0 heterocycles. The van der Waals surface area contributed by atoms with Crippen molar-refractivity contribution in [1.29, 1.82) is 0 Å². The van der Waals surface area contributed by atoms with E-state index in [0.29, 0.717) is 0 Å². The van der Waals surface area contributed by atoms with Crippen LogP contribution in [0.15, 0.2) is 24.3 Å². The number of carboxylic acids is 2. The second kappa shape index (κ2) is 4.72. The monoisotopic (exact) mass is 268 g/mol. The van der Waals surface area contributed by atoms with E-state index in [2.05, 4.69) is 0 Å². The maximum atomic E-state index is 10.4. The summed E-state index contributed by atoms with van der Waals surface area (Å²) in [7, 11) is 0. The minimum atomic E-state index is -1.13. The molecule has 0 aromatic heterocycles. The quantitative estimate of drug-likeness (QED) is 0.786. The number of carbonyl (C=O) groups is 2. The Balaban J connectivity index is 0.00000144. The molecule has 0 aliphatic rings. The number of aromatic carboxylic acids is 2. The molecule has 5 heteroatoms. The third-order valence-electron chi connectivity index (χ3n) is 1.36. The van der Waals surface area contributed by atoms with E-state index in [-0.39, 0.29) is 30.6 Å². The SMILES string of the molecule is O=C(O)c1cccc(C(=O)O)c1.[Ru]. The molecule has 0 fully saturated rings. The van der Waals surface area contributed by atoms with E-state index in [0.717, 1.165) is 6.07 Å². The van der Waals surface area contributed by atoms with Gasteiger partial charge in [-0.15, -0.1) is 0 Å². The molecule has 0 aliphatic heterocycles. The normalized spacial score (nSPS) is 8.62. The Kier molecular flexibility index (Phi) is 4.28. The van der Waals surface area contributed by atoms with E-state index in [9.17, 15) is 9.59 Å². The zero-order valence-electron chi connectivity index (χ0n) is 6.37. The molecule has 13 heavy (non-hydrogen) atoms. The average Bonchev–Trinajstić information content (AvgIpc) is 2.04. The van der Waals surface area contributed by atoms with Crippen molar-refractivity contribution in [3.05, 3.63) is 35.4 Å². The second-order valence-corrected chi connectivity index (χ2v) is 2.19. The molecule has 1 aromatic rings. The van der Waals surface area contributed by atoms with Gasteiger partial charge < -0.3 is 10.2 Å². The van der Waals surface area contributed by atoms with Gasteiger partial charge in [0.15, 0.2) is 0 Å². The molecule has 0 spiro atoms. The minimum absolute atomic E-state index is 0. The number of carboxylic acid groups (broad SMARTS) is 2. The molecule has 4 nitrogen and oxygen atoms in total. The molecule has 2 N–H and O–H groups in total. The predicted molar refractivity (Wildman–Crippen MR) is 40.4 cm³/mol. The Morgan fingerprint density at radius 2 is 1.38 bits per heavy atom. The molecule has 70 valence electrons. The maximum absolute atomic E-state index is 10.4. The molecule has 0 aliphatic carbocycles. The molecule has 0 bridgehead atoms. The zero-order chi connectivity index (χ0) is 9.14. The van der Waals surface area contributed by atoms with Crippen molar-refractivity contribution in [3.8, 4) is 0 Å². The summed E-state index contributed by atoms with van der Waals surface area (Å²) in [6.07, 6.45) is 0. The van der Waals surface area contributed by atoms with E-state index < -0.39 is 11.9 Å². The van der Waals surface area contributed by atoms with Crippen molar-refractivity contribution in [2.45, 2.75) is 0 Å². The molecular formula is C8H6O4Ru. The molecule has 0 radical (unpaired) electrons. The summed E-state index contributed by atoms with van der Waals surface area (Å²) in [6, 6.07) is 5.20. The van der Waals surface area contributed by atoms with Gasteiger partial charge in [0.2, 0.25) is 0 Å². The average molecular weight is 267 g/mol. The fourth-order valence-electron chi connectivity index (χ4n) is 0.785. The molecule has 0 atom stereocenters. The summed E-state index contributed by atoms with van der Waals surface area (Å²) in [5.41, 5.74) is -0.0372. The van der Waals surface area contributed by atoms with Crippen LogP contribution in [0.25, 0.3) is 0 Å². The first-order valence-corrected chi connectivity index (χ1v) is 3.18. The molecule has 0 amide bonds. The van der Waals surface area contributed by atoms with Gasteiger partial charge in [0.05, 0.1) is 11.1 Å². The van der Waals surface area contributed by atoms with Crippen LogP contribution in [0.4, 0.5) is 0 Å². The summed E-state index contributed by atoms with van der Waals surface area (Å²) in [6.45, 7) is 0. The first-order chi connectivity index (χ1) is 5.61. The van der Waals surface area contributed by atoms with Crippen molar-refractivity contribution in [3.63, 3.8) is 0 Å². The summed E-state index contributed by atoms with van der Waals surface area (Å²) in [5, 5.41) is 17.0. The maximum Gasteiger partial charge on any atom is 0.335 e. The first-order valence-electron chi connectivity index (χ1n) is 3.18. The number of hydrogen-bond acceptors (Lipinski definition) is 2. The fraction of sp³-hybridized carbons (Fsp3) is 0. The molecular weight excluding hydrogens is 261 g/mol. The molecule has 1 rings (SSSR count). The van der Waals surface area contributed by atoms with Crippen LogP contribution in [0.2, 0.25) is 0 Å². The van der Waals surface area contributed by atoms with Gasteiger partial charge in [-0.3, -0.25) is 0 Å². The predicted octanol–water partition coefficient (Wildman–Crippen LogP) is 1.08. The van der Waals surface area contributed by atoms with E-state index in [1.54, 1.807) is 0 Å². The number of hydrogen-bond donors (Lipinski definition) is 2. The summed E-state index contributed by atoms with van der Waals surface area (Å²) in [5.74, 6) is -2.25. The van der Waals surface area contributed by atoms with Crippen LogP contribution in [-0.2, 0) is 19.5 Å². The van der Waals surface area contributed by atoms with Crippen LogP contribution >= 0.6 is 0 Å². The smallest absolute Gasteiger partial charge is 0.335 e. The third kappa shape index (κ3) is 2.95. The minimum Gasteiger partial charge on any atom is -0.478 e. The molecule has 0 saturated heterocycles. The summed E-state index contributed by atoms with van der Waals surface area (Å²) >= 11 is 0. The van der Waals surface area contributed by atoms with Crippen LogP contribution in [0.1, 0.15) is 20.7 Å². The Morgan fingerprint density at radius 3 is 1.69 bits per heavy atom. The van der Waals surface area contributed by atoms with Gasteiger partial charge in [-0.1, -0.05) is 6.07 Å². The van der Waals surface area contributed by atoms with Crippen molar-refractivity contribution in [2.24, 2.45) is 0 Å². The largest absolute Gasteiger partial charge is 0.478 e. The van der Waals surface area contributed by atoms with E-state index >= 15 is 0 Å². The van der Waals surface area contributed by atoms with Gasteiger partial charge in [-0.25, -0.2) is 9.59 Å². The van der Waals surface area contributed by atoms with E-state index in [1.807, 2.05) is 0 Å². The second-order valence-electron chi connectivity index (χ2n) is 2.19. The number of benzene rings is 1. The van der Waals surface area contributed by atoms with Crippen molar-refractivity contribution < 1.29 is 39.3 Å². The summed E-state index contributed by atoms with van der Waals surface area (Å²) < 4.78 is 0. The van der Waals surface area contributed by atoms with E-state index in [4.69, 9.17) is 10.2 Å². The Labute approximate surface area is 87.0 Å². The van der Waals surface area contributed by atoms with Gasteiger partial charge in [0, 0.05) is 19.5 Å². The topological polar surface area (TPSA) is 74.6 Å². The third-order valence-corrected chi connectivity index (χ3v) is 1.36. The van der Waals surface area contributed by atoms with Crippen molar-refractivity contribution in [2.75, 3.05) is 0 Å². The molecule has 0 unspecified atom stereocenters. The van der Waals surface area contributed by atoms with Crippen LogP contribution in [-0.4, -0.2) is 22.2 Å². The summed E-state index contributed by atoms with van der Waals surface area (Å²) in [4.78, 5) is 20.8. The van der Waals surface area contributed by atoms with Crippen LogP contribution in [0, 0.1) is 0 Å².